The van der Waals surface area contributed by atoms with Gasteiger partial charge in [0.05, 0.1) is 13.2 Å². The summed E-state index contributed by atoms with van der Waals surface area (Å²) in [5, 5.41) is 14.5. The fourth-order valence-electron chi connectivity index (χ4n) is 2.65. The largest absolute Gasteiger partial charge is 0.485 e. The maximum Gasteiger partial charge on any atom is 0.228 e. The zero-order valence-electron chi connectivity index (χ0n) is 12.6. The van der Waals surface area contributed by atoms with Crippen molar-refractivity contribution in [2.24, 2.45) is 5.92 Å². The Balaban J connectivity index is 1.51. The zero-order chi connectivity index (χ0) is 15.8. The number of rotatable bonds is 4. The first kappa shape index (κ1) is 14.4. The van der Waals surface area contributed by atoms with Crippen molar-refractivity contribution in [3.63, 3.8) is 0 Å². The van der Waals surface area contributed by atoms with Gasteiger partial charge in [0.25, 0.3) is 0 Å². The number of hydrogen-bond acceptors (Lipinski definition) is 5. The molecular weight excluding hydrogens is 296 g/mol. The SMILES string of the molecule is O=C(Nc1cc2ccc(O[C@H]3COCC3O)cc2cn1)C1CC1. The van der Waals surface area contributed by atoms with Gasteiger partial charge in [0.15, 0.2) is 0 Å². The number of fused-ring (bicyclic) bond motifs is 1. The van der Waals surface area contributed by atoms with Crippen LogP contribution in [0.25, 0.3) is 10.8 Å². The van der Waals surface area contributed by atoms with E-state index >= 15 is 0 Å². The molecule has 23 heavy (non-hydrogen) atoms. The molecule has 6 heteroatoms. The zero-order valence-corrected chi connectivity index (χ0v) is 12.6. The summed E-state index contributed by atoms with van der Waals surface area (Å²) in [6, 6.07) is 7.49. The number of hydrogen-bond donors (Lipinski definition) is 2. The Morgan fingerprint density at radius 2 is 2.13 bits per heavy atom. The highest BCUT2D eigenvalue weighted by molar-refractivity contribution is 5.95. The van der Waals surface area contributed by atoms with Crippen LogP contribution in [-0.2, 0) is 9.53 Å². The summed E-state index contributed by atoms with van der Waals surface area (Å²) in [5.74, 6) is 1.45. The van der Waals surface area contributed by atoms with E-state index in [4.69, 9.17) is 9.47 Å². The summed E-state index contributed by atoms with van der Waals surface area (Å²) in [6.45, 7) is 0.702. The molecule has 0 radical (unpaired) electrons. The van der Waals surface area contributed by atoms with E-state index in [1.54, 1.807) is 6.20 Å². The van der Waals surface area contributed by atoms with Gasteiger partial charge in [-0.3, -0.25) is 4.79 Å². The number of anilines is 1. The summed E-state index contributed by atoms with van der Waals surface area (Å²) in [5.41, 5.74) is 0. The van der Waals surface area contributed by atoms with Gasteiger partial charge in [-0.05, 0) is 36.4 Å². The molecule has 2 atom stereocenters. The van der Waals surface area contributed by atoms with Crippen molar-refractivity contribution in [2.45, 2.75) is 25.0 Å². The van der Waals surface area contributed by atoms with Crippen molar-refractivity contribution >= 4 is 22.5 Å². The second kappa shape index (κ2) is 5.79. The molecule has 120 valence electrons. The lowest BCUT2D eigenvalue weighted by Gasteiger charge is -2.15. The average molecular weight is 314 g/mol. The Morgan fingerprint density at radius 1 is 1.26 bits per heavy atom. The van der Waals surface area contributed by atoms with Gasteiger partial charge in [-0.15, -0.1) is 0 Å². The summed E-state index contributed by atoms with van der Waals surface area (Å²) in [6.07, 6.45) is 2.72. The third-order valence-electron chi connectivity index (χ3n) is 4.18. The van der Waals surface area contributed by atoms with E-state index in [2.05, 4.69) is 10.3 Å². The Bertz CT molecular complexity index is 744. The Morgan fingerprint density at radius 3 is 2.87 bits per heavy atom. The number of benzene rings is 1. The van der Waals surface area contributed by atoms with Crippen molar-refractivity contribution in [3.05, 3.63) is 30.5 Å². The van der Waals surface area contributed by atoms with Crippen LogP contribution in [-0.4, -0.2) is 41.4 Å². The summed E-state index contributed by atoms with van der Waals surface area (Å²) >= 11 is 0. The van der Waals surface area contributed by atoms with Crippen LogP contribution in [0.4, 0.5) is 5.82 Å². The predicted octanol–water partition coefficient (Wildman–Crippen LogP) is 1.72. The second-order valence-corrected chi connectivity index (χ2v) is 6.10. The summed E-state index contributed by atoms with van der Waals surface area (Å²) in [4.78, 5) is 16.1. The molecule has 2 N–H and O–H groups in total. The van der Waals surface area contributed by atoms with Crippen molar-refractivity contribution in [1.82, 2.24) is 4.98 Å². The van der Waals surface area contributed by atoms with Crippen molar-refractivity contribution in [3.8, 4) is 5.75 Å². The van der Waals surface area contributed by atoms with E-state index in [-0.39, 0.29) is 17.9 Å². The highest BCUT2D eigenvalue weighted by atomic mass is 16.6. The van der Waals surface area contributed by atoms with Crippen LogP contribution in [0.1, 0.15) is 12.8 Å². The average Bonchev–Trinajstić information content (AvgIpc) is 3.32. The van der Waals surface area contributed by atoms with Crippen LogP contribution < -0.4 is 10.1 Å². The lowest BCUT2D eigenvalue weighted by molar-refractivity contribution is -0.117. The molecule has 2 heterocycles. The van der Waals surface area contributed by atoms with Crippen LogP contribution in [0.15, 0.2) is 30.5 Å². The smallest absolute Gasteiger partial charge is 0.228 e. The van der Waals surface area contributed by atoms with E-state index in [0.717, 1.165) is 23.6 Å². The highest BCUT2D eigenvalue weighted by Crippen LogP contribution is 2.30. The molecular formula is C17H18N2O4. The van der Waals surface area contributed by atoms with Crippen molar-refractivity contribution < 1.29 is 19.4 Å². The molecule has 1 saturated carbocycles. The van der Waals surface area contributed by atoms with Gasteiger partial charge < -0.3 is 19.9 Å². The maximum atomic E-state index is 11.8. The second-order valence-electron chi connectivity index (χ2n) is 6.10. The van der Waals surface area contributed by atoms with Gasteiger partial charge >= 0.3 is 0 Å². The molecule has 6 nitrogen and oxygen atoms in total. The molecule has 1 saturated heterocycles. The van der Waals surface area contributed by atoms with E-state index in [9.17, 15) is 9.90 Å². The van der Waals surface area contributed by atoms with Gasteiger partial charge in [0.2, 0.25) is 5.91 Å². The van der Waals surface area contributed by atoms with Crippen LogP contribution >= 0.6 is 0 Å². The topological polar surface area (TPSA) is 80.7 Å². The first-order valence-electron chi connectivity index (χ1n) is 7.82. The quantitative estimate of drug-likeness (QED) is 0.898. The number of carbonyl (C=O) groups is 1. The van der Waals surface area contributed by atoms with Gasteiger partial charge in [-0.2, -0.15) is 0 Å². The first-order chi connectivity index (χ1) is 11.2. The molecule has 2 aliphatic rings. The lowest BCUT2D eigenvalue weighted by atomic mass is 10.1. The fourth-order valence-corrected chi connectivity index (χ4v) is 2.65. The number of nitrogens with one attached hydrogen (secondary N) is 1. The lowest BCUT2D eigenvalue weighted by Crippen LogP contribution is -2.29. The number of carbonyl (C=O) groups excluding carboxylic acids is 1. The van der Waals surface area contributed by atoms with Crippen molar-refractivity contribution in [1.29, 1.82) is 0 Å². The minimum Gasteiger partial charge on any atom is -0.485 e. The van der Waals surface area contributed by atoms with Crippen molar-refractivity contribution in [2.75, 3.05) is 18.5 Å². The number of aromatic nitrogens is 1. The molecule has 1 unspecified atom stereocenters. The van der Waals surface area contributed by atoms with E-state index < -0.39 is 6.10 Å². The van der Waals surface area contributed by atoms with Crippen LogP contribution in [0.3, 0.4) is 0 Å². The highest BCUT2D eigenvalue weighted by Gasteiger charge is 2.30. The minimum atomic E-state index is -0.594. The number of ether oxygens (including phenoxy) is 2. The van der Waals surface area contributed by atoms with Gasteiger partial charge in [0, 0.05) is 17.5 Å². The summed E-state index contributed by atoms with van der Waals surface area (Å²) in [7, 11) is 0. The molecule has 4 rings (SSSR count). The van der Waals surface area contributed by atoms with E-state index in [1.165, 1.54) is 0 Å². The van der Waals surface area contributed by atoms with Crippen LogP contribution in [0, 0.1) is 5.92 Å². The molecule has 1 aliphatic heterocycles. The molecule has 1 aromatic heterocycles. The third-order valence-corrected chi connectivity index (χ3v) is 4.18. The Kier molecular flexibility index (Phi) is 3.63. The number of amides is 1. The third kappa shape index (κ3) is 3.13. The predicted molar refractivity (Wildman–Crippen MR) is 84.3 cm³/mol. The molecule has 2 fully saturated rings. The first-order valence-corrected chi connectivity index (χ1v) is 7.82. The monoisotopic (exact) mass is 314 g/mol. The van der Waals surface area contributed by atoms with Crippen LogP contribution in [0.2, 0.25) is 0 Å². The maximum absolute atomic E-state index is 11.8. The molecule has 2 aromatic rings. The molecule has 0 spiro atoms. The normalized spacial score (nSPS) is 23.9. The molecule has 1 aromatic carbocycles. The molecule has 1 aliphatic carbocycles. The number of pyridine rings is 1. The molecule has 1 amide bonds. The number of aliphatic hydroxyl groups excluding tert-OH is 1. The minimum absolute atomic E-state index is 0.0482. The van der Waals surface area contributed by atoms with E-state index in [1.807, 2.05) is 24.3 Å². The Hall–Kier alpha value is -2.18. The van der Waals surface area contributed by atoms with Gasteiger partial charge in [-0.1, -0.05) is 6.07 Å². The Labute approximate surface area is 133 Å². The standard InChI is InChI=1S/C17H18N2O4/c20-14-8-22-9-15(14)23-13-4-3-11-6-16(18-7-12(11)5-13)19-17(21)10-1-2-10/h3-7,10,14-15,20H,1-2,8-9H2,(H,18,19,21)/t14?,15-/m0/s1. The van der Waals surface area contributed by atoms with Crippen LogP contribution in [0.5, 0.6) is 5.75 Å². The fraction of sp³-hybridized carbons (Fsp3) is 0.412. The number of aliphatic hydroxyl groups is 1. The summed E-state index contributed by atoms with van der Waals surface area (Å²) < 4.78 is 10.9. The number of nitrogens with zero attached hydrogens (tertiary/aromatic N) is 1. The van der Waals surface area contributed by atoms with E-state index in [0.29, 0.717) is 24.8 Å². The molecule has 0 bridgehead atoms. The van der Waals surface area contributed by atoms with Gasteiger partial charge in [0.1, 0.15) is 23.8 Å². The van der Waals surface area contributed by atoms with Gasteiger partial charge in [-0.25, -0.2) is 4.98 Å².